The van der Waals surface area contributed by atoms with E-state index in [1.807, 2.05) is 6.92 Å². The first-order chi connectivity index (χ1) is 9.23. The molecule has 2 amide bonds. The van der Waals surface area contributed by atoms with Crippen molar-refractivity contribution in [3.05, 3.63) is 0 Å². The summed E-state index contributed by atoms with van der Waals surface area (Å²) in [5.74, 6) is 0. The molecule has 5 nitrogen and oxygen atoms in total. The summed E-state index contributed by atoms with van der Waals surface area (Å²) in [5.41, 5.74) is -2.67. The third kappa shape index (κ3) is 3.01. The smallest absolute Gasteiger partial charge is 0.380 e. The first-order valence-corrected chi connectivity index (χ1v) is 6.69. The molecule has 2 aliphatic rings. The van der Waals surface area contributed by atoms with Gasteiger partial charge in [0.2, 0.25) is 0 Å². The number of ether oxygens (including phenoxy) is 1. The van der Waals surface area contributed by atoms with Gasteiger partial charge in [0, 0.05) is 32.5 Å². The zero-order valence-corrected chi connectivity index (χ0v) is 11.2. The summed E-state index contributed by atoms with van der Waals surface area (Å²) >= 11 is 0. The molecule has 0 unspecified atom stereocenters. The van der Waals surface area contributed by atoms with Gasteiger partial charge in [0.15, 0.2) is 5.60 Å². The summed E-state index contributed by atoms with van der Waals surface area (Å²) in [4.78, 5) is 13.3. The van der Waals surface area contributed by atoms with Crippen LogP contribution in [0.4, 0.5) is 18.0 Å². The fourth-order valence-corrected chi connectivity index (χ4v) is 2.53. The van der Waals surface area contributed by atoms with E-state index in [9.17, 15) is 23.1 Å². The van der Waals surface area contributed by atoms with E-state index in [1.165, 1.54) is 4.90 Å². The standard InChI is InChI=1S/C12H19F3N2O3/c1-8-9(2-7-20-8)16-10(18)17-5-3-11(19,4-6-17)12(13,14)15/h8-9,19H,2-7H2,1H3,(H,16,18)/t8-,9+/m1/s1. The molecule has 116 valence electrons. The molecule has 0 bridgehead atoms. The average molecular weight is 296 g/mol. The monoisotopic (exact) mass is 296 g/mol. The van der Waals surface area contributed by atoms with E-state index in [0.29, 0.717) is 13.0 Å². The van der Waals surface area contributed by atoms with E-state index in [1.54, 1.807) is 0 Å². The van der Waals surface area contributed by atoms with Crippen molar-refractivity contribution in [1.29, 1.82) is 0 Å². The van der Waals surface area contributed by atoms with Gasteiger partial charge < -0.3 is 20.1 Å². The van der Waals surface area contributed by atoms with Gasteiger partial charge in [-0.15, -0.1) is 0 Å². The Bertz CT molecular complexity index is 367. The maximum atomic E-state index is 12.6. The second kappa shape index (κ2) is 5.40. The van der Waals surface area contributed by atoms with Crippen LogP contribution in [-0.4, -0.2) is 59.7 Å². The highest BCUT2D eigenvalue weighted by molar-refractivity contribution is 5.74. The lowest BCUT2D eigenvalue weighted by molar-refractivity contribution is -0.271. The van der Waals surface area contributed by atoms with Crippen LogP contribution in [0.25, 0.3) is 0 Å². The van der Waals surface area contributed by atoms with Crippen LogP contribution in [0.15, 0.2) is 0 Å². The number of nitrogens with one attached hydrogen (secondary N) is 1. The van der Waals surface area contributed by atoms with Gasteiger partial charge in [0.05, 0.1) is 12.1 Å². The van der Waals surface area contributed by atoms with Crippen LogP contribution >= 0.6 is 0 Å². The van der Waals surface area contributed by atoms with Crippen molar-refractivity contribution in [2.45, 2.75) is 50.1 Å². The van der Waals surface area contributed by atoms with E-state index in [-0.39, 0.29) is 25.2 Å². The molecule has 2 N–H and O–H groups in total. The molecule has 0 radical (unpaired) electrons. The summed E-state index contributed by atoms with van der Waals surface area (Å²) in [5, 5.41) is 12.3. The Morgan fingerprint density at radius 2 is 2.00 bits per heavy atom. The number of aliphatic hydroxyl groups is 1. The Morgan fingerprint density at radius 1 is 1.40 bits per heavy atom. The normalized spacial score (nSPS) is 30.4. The number of piperidine rings is 1. The number of carbonyl (C=O) groups is 1. The van der Waals surface area contributed by atoms with Crippen LogP contribution in [0.2, 0.25) is 0 Å². The highest BCUT2D eigenvalue weighted by Crippen LogP contribution is 2.38. The molecule has 0 saturated carbocycles. The van der Waals surface area contributed by atoms with Gasteiger partial charge in [0.25, 0.3) is 0 Å². The second-order valence-electron chi connectivity index (χ2n) is 5.44. The zero-order chi connectivity index (χ0) is 15.0. The Kier molecular flexibility index (Phi) is 4.15. The minimum Gasteiger partial charge on any atom is -0.380 e. The predicted octanol–water partition coefficient (Wildman–Crippen LogP) is 1.26. The molecule has 2 fully saturated rings. The number of halogens is 3. The fourth-order valence-electron chi connectivity index (χ4n) is 2.53. The van der Waals surface area contributed by atoms with Gasteiger partial charge in [0.1, 0.15) is 0 Å². The zero-order valence-electron chi connectivity index (χ0n) is 11.2. The molecular weight excluding hydrogens is 277 g/mol. The SMILES string of the molecule is C[C@H]1OCC[C@@H]1NC(=O)N1CCC(O)(C(F)(F)F)CC1. The van der Waals surface area contributed by atoms with E-state index in [0.717, 1.165) is 0 Å². The Morgan fingerprint density at radius 3 is 2.45 bits per heavy atom. The number of alkyl halides is 3. The molecule has 0 aromatic heterocycles. The van der Waals surface area contributed by atoms with Crippen molar-refractivity contribution < 1.29 is 27.8 Å². The highest BCUT2D eigenvalue weighted by atomic mass is 19.4. The highest BCUT2D eigenvalue weighted by Gasteiger charge is 2.55. The molecule has 2 rings (SSSR count). The van der Waals surface area contributed by atoms with Crippen LogP contribution in [0, 0.1) is 0 Å². The van der Waals surface area contributed by atoms with Crippen molar-refractivity contribution >= 4 is 6.03 Å². The van der Waals surface area contributed by atoms with Crippen LogP contribution in [0.5, 0.6) is 0 Å². The molecule has 2 aliphatic heterocycles. The van der Waals surface area contributed by atoms with E-state index in [2.05, 4.69) is 5.32 Å². The van der Waals surface area contributed by atoms with Gasteiger partial charge in [-0.1, -0.05) is 0 Å². The Balaban J connectivity index is 1.86. The first kappa shape index (κ1) is 15.4. The molecule has 8 heteroatoms. The molecule has 0 aromatic rings. The number of amides is 2. The second-order valence-corrected chi connectivity index (χ2v) is 5.44. The number of urea groups is 1. The lowest BCUT2D eigenvalue weighted by atomic mass is 9.91. The third-order valence-electron chi connectivity index (χ3n) is 4.09. The van der Waals surface area contributed by atoms with E-state index in [4.69, 9.17) is 4.74 Å². The fraction of sp³-hybridized carbons (Fsp3) is 0.917. The molecule has 0 spiro atoms. The lowest BCUT2D eigenvalue weighted by Gasteiger charge is -2.39. The topological polar surface area (TPSA) is 61.8 Å². The molecule has 2 atom stereocenters. The van der Waals surface area contributed by atoms with Crippen molar-refractivity contribution in [3.63, 3.8) is 0 Å². The minimum atomic E-state index is -4.65. The van der Waals surface area contributed by atoms with Crippen molar-refractivity contribution in [2.24, 2.45) is 0 Å². The number of hydrogen-bond acceptors (Lipinski definition) is 3. The largest absolute Gasteiger partial charge is 0.417 e. The molecule has 2 heterocycles. The van der Waals surface area contributed by atoms with Gasteiger partial charge in [-0.3, -0.25) is 0 Å². The number of likely N-dealkylation sites (tertiary alicyclic amines) is 1. The summed E-state index contributed by atoms with van der Waals surface area (Å²) in [6.45, 7) is 2.20. The number of hydrogen-bond donors (Lipinski definition) is 2. The Hall–Kier alpha value is -1.02. The van der Waals surface area contributed by atoms with Gasteiger partial charge in [-0.25, -0.2) is 4.79 Å². The van der Waals surface area contributed by atoms with Crippen molar-refractivity contribution in [3.8, 4) is 0 Å². The summed E-state index contributed by atoms with van der Waals surface area (Å²) < 4.78 is 43.3. The predicted molar refractivity (Wildman–Crippen MR) is 64.2 cm³/mol. The maximum Gasteiger partial charge on any atom is 0.417 e. The molecule has 2 saturated heterocycles. The number of carbonyl (C=O) groups excluding carboxylic acids is 1. The molecular formula is C12H19F3N2O3. The summed E-state index contributed by atoms with van der Waals surface area (Å²) in [7, 11) is 0. The summed E-state index contributed by atoms with van der Waals surface area (Å²) in [6, 6.07) is -0.498. The first-order valence-electron chi connectivity index (χ1n) is 6.69. The van der Waals surface area contributed by atoms with Crippen molar-refractivity contribution in [1.82, 2.24) is 10.2 Å². The average Bonchev–Trinajstić information content (AvgIpc) is 2.74. The van der Waals surface area contributed by atoms with E-state index >= 15 is 0 Å². The third-order valence-corrected chi connectivity index (χ3v) is 4.09. The van der Waals surface area contributed by atoms with Crippen LogP contribution in [-0.2, 0) is 4.74 Å². The summed E-state index contributed by atoms with van der Waals surface area (Å²) in [6.07, 6.45) is -5.01. The van der Waals surface area contributed by atoms with Crippen LogP contribution in [0.1, 0.15) is 26.2 Å². The van der Waals surface area contributed by atoms with Gasteiger partial charge in [-0.2, -0.15) is 13.2 Å². The quantitative estimate of drug-likeness (QED) is 0.766. The number of nitrogens with zero attached hydrogens (tertiary/aromatic N) is 1. The van der Waals surface area contributed by atoms with Crippen LogP contribution < -0.4 is 5.32 Å². The Labute approximate surface area is 115 Å². The van der Waals surface area contributed by atoms with Crippen LogP contribution in [0.3, 0.4) is 0 Å². The number of rotatable bonds is 1. The van der Waals surface area contributed by atoms with Gasteiger partial charge >= 0.3 is 12.2 Å². The maximum absolute atomic E-state index is 12.6. The molecule has 0 aliphatic carbocycles. The van der Waals surface area contributed by atoms with Gasteiger partial charge in [-0.05, 0) is 13.3 Å². The lowest BCUT2D eigenvalue weighted by Crippen LogP contribution is -2.57. The van der Waals surface area contributed by atoms with Crippen molar-refractivity contribution in [2.75, 3.05) is 19.7 Å². The van der Waals surface area contributed by atoms with E-state index < -0.39 is 30.7 Å². The minimum absolute atomic E-state index is 0.0872. The molecule has 20 heavy (non-hydrogen) atoms. The molecule has 0 aromatic carbocycles.